The number of phenols is 1. The molecular weight excluding hydrogens is 433 g/mol. The van der Waals surface area contributed by atoms with Crippen LogP contribution in [0.3, 0.4) is 0 Å². The maximum atomic E-state index is 15.9. The van der Waals surface area contributed by atoms with E-state index >= 15 is 4.39 Å². The first-order valence-electron chi connectivity index (χ1n) is 11.7. The van der Waals surface area contributed by atoms with Crippen LogP contribution < -0.4 is 10.1 Å². The summed E-state index contributed by atoms with van der Waals surface area (Å²) in [4.78, 5) is 15.9. The molecule has 4 heterocycles. The molecule has 0 radical (unpaired) electrons. The zero-order valence-electron chi connectivity index (χ0n) is 19.0. The molecule has 174 valence electrons. The summed E-state index contributed by atoms with van der Waals surface area (Å²) in [6.07, 6.45) is 6.12. The lowest BCUT2D eigenvalue weighted by Gasteiger charge is -2.31. The molecule has 8 heteroatoms. The number of hydrogen-bond acceptors (Lipinski definition) is 7. The van der Waals surface area contributed by atoms with Crippen molar-refractivity contribution >= 4 is 27.5 Å². The first kappa shape index (κ1) is 21.0. The van der Waals surface area contributed by atoms with Crippen LogP contribution in [-0.4, -0.2) is 57.2 Å². The number of pyridine rings is 1. The highest BCUT2D eigenvalue weighted by Crippen LogP contribution is 2.40. The zero-order chi connectivity index (χ0) is 23.3. The molecule has 6 rings (SSSR count). The van der Waals surface area contributed by atoms with E-state index in [-0.39, 0.29) is 28.5 Å². The van der Waals surface area contributed by atoms with Crippen LogP contribution in [0.4, 0.5) is 10.2 Å². The van der Waals surface area contributed by atoms with Gasteiger partial charge >= 0.3 is 6.01 Å². The van der Waals surface area contributed by atoms with Crippen molar-refractivity contribution in [1.82, 2.24) is 19.9 Å². The molecule has 2 aromatic heterocycles. The van der Waals surface area contributed by atoms with Crippen molar-refractivity contribution in [2.24, 2.45) is 0 Å². The number of anilines is 1. The van der Waals surface area contributed by atoms with Gasteiger partial charge in [-0.3, -0.25) is 9.88 Å². The second-order valence-corrected chi connectivity index (χ2v) is 9.21. The molecule has 0 bridgehead atoms. The Morgan fingerprint density at radius 2 is 1.91 bits per heavy atom. The summed E-state index contributed by atoms with van der Waals surface area (Å²) in [6.45, 7) is 2.70. The van der Waals surface area contributed by atoms with Gasteiger partial charge < -0.3 is 15.2 Å². The van der Waals surface area contributed by atoms with Gasteiger partial charge in [0.2, 0.25) is 0 Å². The molecule has 0 aliphatic carbocycles. The SMILES string of the molecule is CNc1nc(OCC23CCCN2CCC3)nc2c(F)c(-c3cc(O)cc4ccccc34)ncc12. The fraction of sp³-hybridized carbons (Fsp3) is 0.346. The molecule has 2 aliphatic rings. The third-order valence-corrected chi connectivity index (χ3v) is 7.28. The Kier molecular flexibility index (Phi) is 4.99. The molecule has 0 unspecified atom stereocenters. The Bertz CT molecular complexity index is 1400. The van der Waals surface area contributed by atoms with E-state index < -0.39 is 5.82 Å². The summed E-state index contributed by atoms with van der Waals surface area (Å²) in [5.74, 6) is -0.0565. The highest BCUT2D eigenvalue weighted by Gasteiger charge is 2.45. The van der Waals surface area contributed by atoms with Gasteiger partial charge in [0.05, 0.1) is 10.9 Å². The minimum Gasteiger partial charge on any atom is -0.508 e. The van der Waals surface area contributed by atoms with Crippen LogP contribution in [0.15, 0.2) is 42.6 Å². The summed E-state index contributed by atoms with van der Waals surface area (Å²) in [5, 5.41) is 15.3. The van der Waals surface area contributed by atoms with E-state index in [1.807, 2.05) is 24.3 Å². The van der Waals surface area contributed by atoms with Crippen molar-refractivity contribution in [2.45, 2.75) is 31.2 Å². The lowest BCUT2D eigenvalue weighted by molar-refractivity contribution is 0.108. The number of aromatic hydroxyl groups is 1. The molecule has 34 heavy (non-hydrogen) atoms. The summed E-state index contributed by atoms with van der Waals surface area (Å²) in [7, 11) is 1.73. The van der Waals surface area contributed by atoms with Gasteiger partial charge in [-0.05, 0) is 61.7 Å². The summed E-state index contributed by atoms with van der Waals surface area (Å²) < 4.78 is 22.0. The summed E-state index contributed by atoms with van der Waals surface area (Å²) in [6, 6.07) is 10.9. The molecule has 4 aromatic rings. The maximum Gasteiger partial charge on any atom is 0.319 e. The van der Waals surface area contributed by atoms with Gasteiger partial charge in [0.25, 0.3) is 0 Å². The Labute approximate surface area is 196 Å². The topological polar surface area (TPSA) is 83.4 Å². The minimum absolute atomic E-state index is 0.0422. The quantitative estimate of drug-likeness (QED) is 0.446. The average Bonchev–Trinajstić information content (AvgIpc) is 3.43. The number of nitrogens with zero attached hydrogens (tertiary/aromatic N) is 4. The Balaban J connectivity index is 1.44. The highest BCUT2D eigenvalue weighted by atomic mass is 19.1. The van der Waals surface area contributed by atoms with Crippen molar-refractivity contribution in [3.8, 4) is 23.0 Å². The third kappa shape index (κ3) is 3.32. The van der Waals surface area contributed by atoms with Gasteiger partial charge in [-0.25, -0.2) is 4.39 Å². The van der Waals surface area contributed by atoms with E-state index in [1.165, 1.54) is 18.9 Å². The molecular formula is C26H26FN5O2. The van der Waals surface area contributed by atoms with Crippen LogP contribution in [0, 0.1) is 5.82 Å². The Morgan fingerprint density at radius 3 is 2.71 bits per heavy atom. The van der Waals surface area contributed by atoms with Crippen LogP contribution in [0.25, 0.3) is 32.9 Å². The molecule has 2 saturated heterocycles. The number of phenolic OH excluding ortho intramolecular Hbond substituents is 1. The zero-order valence-corrected chi connectivity index (χ0v) is 19.0. The smallest absolute Gasteiger partial charge is 0.319 e. The van der Waals surface area contributed by atoms with Crippen LogP contribution >= 0.6 is 0 Å². The number of halogens is 1. The van der Waals surface area contributed by atoms with Crippen molar-refractivity contribution in [2.75, 3.05) is 32.1 Å². The van der Waals surface area contributed by atoms with Crippen molar-refractivity contribution in [3.05, 3.63) is 48.4 Å². The molecule has 0 spiro atoms. The Hall–Kier alpha value is -3.52. The highest BCUT2D eigenvalue weighted by molar-refractivity contribution is 5.99. The van der Waals surface area contributed by atoms with E-state index in [1.54, 1.807) is 19.3 Å². The predicted molar refractivity (Wildman–Crippen MR) is 130 cm³/mol. The number of nitrogens with one attached hydrogen (secondary N) is 1. The number of aromatic nitrogens is 3. The van der Waals surface area contributed by atoms with Gasteiger partial charge in [0.1, 0.15) is 29.4 Å². The van der Waals surface area contributed by atoms with Gasteiger partial charge in [0.15, 0.2) is 5.82 Å². The molecule has 0 atom stereocenters. The van der Waals surface area contributed by atoms with Crippen LogP contribution in [0.1, 0.15) is 25.7 Å². The van der Waals surface area contributed by atoms with Crippen LogP contribution in [0.5, 0.6) is 11.8 Å². The molecule has 2 aromatic carbocycles. The van der Waals surface area contributed by atoms with E-state index in [4.69, 9.17) is 4.74 Å². The molecule has 7 nitrogen and oxygen atoms in total. The standard InChI is InChI=1S/C26H26FN5O2/c1-28-24-20-14-29-22(19-13-17(33)12-16-6-2-3-7-18(16)19)21(27)23(20)30-25(31-24)34-15-26-8-4-10-32(26)11-5-9-26/h2-3,6-7,12-14,33H,4-5,8-11,15H2,1H3,(H,28,30,31). The molecule has 2 aliphatic heterocycles. The third-order valence-electron chi connectivity index (χ3n) is 7.28. The minimum atomic E-state index is -0.571. The predicted octanol–water partition coefficient (Wildman–Crippen LogP) is 4.74. The van der Waals surface area contributed by atoms with Crippen molar-refractivity contribution in [1.29, 1.82) is 0 Å². The fourth-order valence-electron chi connectivity index (χ4n) is 5.63. The normalized spacial score (nSPS) is 17.4. The second kappa shape index (κ2) is 8.06. The van der Waals surface area contributed by atoms with E-state index in [2.05, 4.69) is 25.2 Å². The van der Waals surface area contributed by atoms with E-state index in [0.29, 0.717) is 23.4 Å². The number of benzene rings is 2. The molecule has 0 amide bonds. The second-order valence-electron chi connectivity index (χ2n) is 9.21. The lowest BCUT2D eigenvalue weighted by atomic mass is 9.95. The molecule has 2 fully saturated rings. The number of fused-ring (bicyclic) bond motifs is 3. The number of rotatable bonds is 5. The number of ether oxygens (including phenoxy) is 1. The van der Waals surface area contributed by atoms with Crippen molar-refractivity contribution < 1.29 is 14.2 Å². The number of hydrogen-bond donors (Lipinski definition) is 2. The molecule has 2 N–H and O–H groups in total. The maximum absolute atomic E-state index is 15.9. The lowest BCUT2D eigenvalue weighted by Crippen LogP contribution is -2.43. The van der Waals surface area contributed by atoms with Crippen molar-refractivity contribution in [3.63, 3.8) is 0 Å². The summed E-state index contributed by atoms with van der Waals surface area (Å²) in [5.41, 5.74) is 0.816. The van der Waals surface area contributed by atoms with Gasteiger partial charge in [-0.15, -0.1) is 0 Å². The van der Waals surface area contributed by atoms with Crippen LogP contribution in [0.2, 0.25) is 0 Å². The monoisotopic (exact) mass is 459 g/mol. The largest absolute Gasteiger partial charge is 0.508 e. The fourth-order valence-corrected chi connectivity index (χ4v) is 5.63. The summed E-state index contributed by atoms with van der Waals surface area (Å²) >= 11 is 0. The van der Waals surface area contributed by atoms with E-state index in [9.17, 15) is 5.11 Å². The Morgan fingerprint density at radius 1 is 1.12 bits per heavy atom. The van der Waals surface area contributed by atoms with Crippen LogP contribution in [-0.2, 0) is 0 Å². The first-order chi connectivity index (χ1) is 16.6. The average molecular weight is 460 g/mol. The first-order valence-corrected chi connectivity index (χ1v) is 11.7. The van der Waals surface area contributed by atoms with Gasteiger partial charge in [-0.1, -0.05) is 24.3 Å². The molecule has 0 saturated carbocycles. The van der Waals surface area contributed by atoms with Gasteiger partial charge in [-0.2, -0.15) is 9.97 Å². The van der Waals surface area contributed by atoms with E-state index in [0.717, 1.165) is 36.7 Å². The van der Waals surface area contributed by atoms with Gasteiger partial charge in [0, 0.05) is 18.8 Å².